The number of nitrogens with one attached hydrogen (secondary N) is 1. The Hall–Kier alpha value is -1.91. The topological polar surface area (TPSA) is 55.1 Å². The average molecular weight is 305 g/mol. The predicted molar refractivity (Wildman–Crippen MR) is 86.5 cm³/mol. The lowest BCUT2D eigenvalue weighted by molar-refractivity contribution is 0.103. The molecule has 3 nitrogen and oxygen atoms in total. The Balaban J connectivity index is 2.35. The van der Waals surface area contributed by atoms with E-state index in [1.165, 1.54) is 0 Å². The number of benzene rings is 2. The number of nitrogens with two attached hydrogens (primary N) is 1. The Labute approximate surface area is 127 Å². The molecule has 3 N–H and O–H groups in total. The minimum Gasteiger partial charge on any atom is -0.376 e. The molecular weight excluding hydrogens is 292 g/mol. The third kappa shape index (κ3) is 3.35. The number of hydrogen-bond donors (Lipinski definition) is 2. The van der Waals surface area contributed by atoms with E-state index in [1.54, 1.807) is 30.3 Å². The summed E-state index contributed by atoms with van der Waals surface area (Å²) in [7, 11) is 0. The molecular formula is C15H13ClN2OS. The predicted octanol–water partition coefficient (Wildman–Crippen LogP) is 3.53. The molecule has 0 unspecified atom stereocenters. The number of anilines is 1. The Morgan fingerprint density at radius 1 is 1.15 bits per heavy atom. The number of halogens is 1. The minimum absolute atomic E-state index is 0.0762. The van der Waals surface area contributed by atoms with Crippen LogP contribution in [0, 0.1) is 6.92 Å². The summed E-state index contributed by atoms with van der Waals surface area (Å²) in [5, 5.41) is 3.31. The van der Waals surface area contributed by atoms with Crippen LogP contribution in [0.1, 0.15) is 21.5 Å². The van der Waals surface area contributed by atoms with E-state index < -0.39 is 0 Å². The third-order valence-electron chi connectivity index (χ3n) is 2.80. The van der Waals surface area contributed by atoms with E-state index in [2.05, 4.69) is 5.32 Å². The molecule has 2 aromatic carbocycles. The van der Waals surface area contributed by atoms with Crippen molar-refractivity contribution in [2.75, 3.05) is 5.32 Å². The van der Waals surface area contributed by atoms with Crippen molar-refractivity contribution in [3.8, 4) is 0 Å². The van der Waals surface area contributed by atoms with Gasteiger partial charge in [-0.3, -0.25) is 4.79 Å². The normalized spacial score (nSPS) is 10.1. The van der Waals surface area contributed by atoms with Gasteiger partial charge < -0.3 is 11.1 Å². The van der Waals surface area contributed by atoms with E-state index in [9.17, 15) is 4.79 Å². The molecule has 0 aliphatic carbocycles. The third-order valence-corrected chi connectivity index (χ3v) is 3.23. The maximum absolute atomic E-state index is 12.4. The SMILES string of the molecule is Cc1ccc(C(=O)c2ccc(Cl)c(NC(N)=S)c2)cc1. The molecule has 0 atom stereocenters. The van der Waals surface area contributed by atoms with Crippen molar-refractivity contribution in [3.05, 3.63) is 64.2 Å². The second-order valence-electron chi connectivity index (χ2n) is 4.38. The lowest BCUT2D eigenvalue weighted by atomic mass is 10.0. The summed E-state index contributed by atoms with van der Waals surface area (Å²) >= 11 is 10.8. The summed E-state index contributed by atoms with van der Waals surface area (Å²) in [5.41, 5.74) is 8.20. The highest BCUT2D eigenvalue weighted by Gasteiger charge is 2.11. The number of thiocarbonyl (C=S) groups is 1. The fraction of sp³-hybridized carbons (Fsp3) is 0.0667. The molecule has 0 aromatic heterocycles. The highest BCUT2D eigenvalue weighted by Crippen LogP contribution is 2.24. The van der Waals surface area contributed by atoms with E-state index in [-0.39, 0.29) is 10.9 Å². The first-order valence-corrected chi connectivity index (χ1v) is 6.73. The number of hydrogen-bond acceptors (Lipinski definition) is 2. The first kappa shape index (κ1) is 14.5. The fourth-order valence-electron chi connectivity index (χ4n) is 1.77. The van der Waals surface area contributed by atoms with Crippen LogP contribution < -0.4 is 11.1 Å². The van der Waals surface area contributed by atoms with Crippen LogP contribution in [0.25, 0.3) is 0 Å². The number of carbonyl (C=O) groups is 1. The van der Waals surface area contributed by atoms with Crippen LogP contribution in [0.15, 0.2) is 42.5 Å². The summed E-state index contributed by atoms with van der Waals surface area (Å²) in [6.07, 6.45) is 0. The Morgan fingerprint density at radius 3 is 2.35 bits per heavy atom. The average Bonchev–Trinajstić information content (AvgIpc) is 2.41. The van der Waals surface area contributed by atoms with Gasteiger partial charge >= 0.3 is 0 Å². The smallest absolute Gasteiger partial charge is 0.193 e. The van der Waals surface area contributed by atoms with Gasteiger partial charge in [0.2, 0.25) is 0 Å². The zero-order valence-corrected chi connectivity index (χ0v) is 12.4. The molecule has 2 aromatic rings. The number of carbonyl (C=O) groups excluding carboxylic acids is 1. The second kappa shape index (κ2) is 6.03. The van der Waals surface area contributed by atoms with Crippen LogP contribution in [0.4, 0.5) is 5.69 Å². The molecule has 0 radical (unpaired) electrons. The van der Waals surface area contributed by atoms with Gasteiger partial charge in [0.15, 0.2) is 10.9 Å². The molecule has 0 aliphatic heterocycles. The second-order valence-corrected chi connectivity index (χ2v) is 5.23. The van der Waals surface area contributed by atoms with Gasteiger partial charge in [-0.15, -0.1) is 0 Å². The molecule has 102 valence electrons. The molecule has 0 aliphatic rings. The lowest BCUT2D eigenvalue weighted by Gasteiger charge is -2.08. The summed E-state index contributed by atoms with van der Waals surface area (Å²) < 4.78 is 0. The van der Waals surface area contributed by atoms with Crippen LogP contribution in [0.3, 0.4) is 0 Å². The number of rotatable bonds is 3. The standard InChI is InChI=1S/C15H13ClN2OS/c1-9-2-4-10(5-3-9)14(19)11-6-7-12(16)13(8-11)18-15(17)20/h2-8H,1H3,(H3,17,18,20). The maximum Gasteiger partial charge on any atom is 0.193 e. The van der Waals surface area contributed by atoms with Crippen molar-refractivity contribution in [2.45, 2.75) is 6.92 Å². The van der Waals surface area contributed by atoms with Crippen LogP contribution in [0.5, 0.6) is 0 Å². The van der Waals surface area contributed by atoms with Crippen LogP contribution in [-0.2, 0) is 0 Å². The fourth-order valence-corrected chi connectivity index (χ4v) is 2.04. The largest absolute Gasteiger partial charge is 0.376 e. The first-order valence-electron chi connectivity index (χ1n) is 5.95. The van der Waals surface area contributed by atoms with Crippen LogP contribution >= 0.6 is 23.8 Å². The van der Waals surface area contributed by atoms with E-state index in [0.717, 1.165) is 5.56 Å². The molecule has 0 saturated carbocycles. The highest BCUT2D eigenvalue weighted by atomic mass is 35.5. The molecule has 0 bridgehead atoms. The molecule has 20 heavy (non-hydrogen) atoms. The van der Waals surface area contributed by atoms with Crippen molar-refractivity contribution in [2.24, 2.45) is 5.73 Å². The molecule has 0 spiro atoms. The molecule has 0 saturated heterocycles. The lowest BCUT2D eigenvalue weighted by Crippen LogP contribution is -2.19. The number of ketones is 1. The molecule has 2 rings (SSSR count). The molecule has 0 amide bonds. The Bertz CT molecular complexity index is 668. The zero-order valence-electron chi connectivity index (χ0n) is 10.8. The quantitative estimate of drug-likeness (QED) is 0.673. The first-order chi connectivity index (χ1) is 9.47. The zero-order chi connectivity index (χ0) is 14.7. The van der Waals surface area contributed by atoms with E-state index in [0.29, 0.717) is 21.8 Å². The van der Waals surface area contributed by atoms with Crippen molar-refractivity contribution in [3.63, 3.8) is 0 Å². The minimum atomic E-state index is -0.0762. The Morgan fingerprint density at radius 2 is 1.75 bits per heavy atom. The van der Waals surface area contributed by atoms with Gasteiger partial charge in [0.05, 0.1) is 10.7 Å². The molecule has 5 heteroatoms. The molecule has 0 fully saturated rings. The molecule has 0 heterocycles. The summed E-state index contributed by atoms with van der Waals surface area (Å²) in [6.45, 7) is 1.97. The van der Waals surface area contributed by atoms with Gasteiger partial charge in [-0.2, -0.15) is 0 Å². The maximum atomic E-state index is 12.4. The highest BCUT2D eigenvalue weighted by molar-refractivity contribution is 7.80. The van der Waals surface area contributed by atoms with E-state index in [4.69, 9.17) is 29.6 Å². The van der Waals surface area contributed by atoms with E-state index in [1.807, 2.05) is 19.1 Å². The van der Waals surface area contributed by atoms with Gasteiger partial charge in [0.1, 0.15) is 0 Å². The number of aryl methyl sites for hydroxylation is 1. The van der Waals surface area contributed by atoms with E-state index >= 15 is 0 Å². The van der Waals surface area contributed by atoms with Gasteiger partial charge in [-0.05, 0) is 37.3 Å². The summed E-state index contributed by atoms with van der Waals surface area (Å²) in [5.74, 6) is -0.0762. The van der Waals surface area contributed by atoms with Gasteiger partial charge in [-0.1, -0.05) is 41.4 Å². The van der Waals surface area contributed by atoms with Crippen molar-refractivity contribution in [1.29, 1.82) is 0 Å². The van der Waals surface area contributed by atoms with Crippen molar-refractivity contribution >= 4 is 40.4 Å². The van der Waals surface area contributed by atoms with Crippen molar-refractivity contribution in [1.82, 2.24) is 0 Å². The van der Waals surface area contributed by atoms with Crippen molar-refractivity contribution < 1.29 is 4.79 Å². The van der Waals surface area contributed by atoms with Crippen LogP contribution in [-0.4, -0.2) is 10.9 Å². The summed E-state index contributed by atoms with van der Waals surface area (Å²) in [6, 6.07) is 12.4. The Kier molecular flexibility index (Phi) is 4.37. The van der Waals surface area contributed by atoms with Crippen LogP contribution in [0.2, 0.25) is 5.02 Å². The van der Waals surface area contributed by atoms with Gasteiger partial charge in [0, 0.05) is 11.1 Å². The summed E-state index contributed by atoms with van der Waals surface area (Å²) in [4.78, 5) is 12.4. The monoisotopic (exact) mass is 304 g/mol. The van der Waals surface area contributed by atoms with Gasteiger partial charge in [-0.25, -0.2) is 0 Å². The van der Waals surface area contributed by atoms with Gasteiger partial charge in [0.25, 0.3) is 0 Å².